The molecule has 3 heteroatoms. The summed E-state index contributed by atoms with van der Waals surface area (Å²) in [6, 6.07) is 5.26. The molecule has 0 spiro atoms. The van der Waals surface area contributed by atoms with E-state index in [1.54, 1.807) is 12.1 Å². The summed E-state index contributed by atoms with van der Waals surface area (Å²) in [6.07, 6.45) is 5.87. The van der Waals surface area contributed by atoms with E-state index in [0.29, 0.717) is 0 Å². The standard InChI is InChI=1S/C18H28FNO/c1-4-20-17(16-10-9-15(19)13-14(16)3)18(21-5-2)11-7-6-8-12-18/h9-10,13,17,20H,4-8,11-12H2,1-3H3. The van der Waals surface area contributed by atoms with Crippen molar-refractivity contribution in [2.45, 2.75) is 64.5 Å². The summed E-state index contributed by atoms with van der Waals surface area (Å²) < 4.78 is 19.7. The highest BCUT2D eigenvalue weighted by Gasteiger charge is 2.41. The number of hydrogen-bond acceptors (Lipinski definition) is 2. The van der Waals surface area contributed by atoms with Crippen LogP contribution in [0.2, 0.25) is 0 Å². The summed E-state index contributed by atoms with van der Waals surface area (Å²) in [4.78, 5) is 0. The van der Waals surface area contributed by atoms with Crippen LogP contribution in [0.3, 0.4) is 0 Å². The lowest BCUT2D eigenvalue weighted by Gasteiger charge is -2.44. The van der Waals surface area contributed by atoms with Crippen molar-refractivity contribution < 1.29 is 9.13 Å². The van der Waals surface area contributed by atoms with Crippen LogP contribution in [-0.2, 0) is 4.74 Å². The number of hydrogen-bond donors (Lipinski definition) is 1. The van der Waals surface area contributed by atoms with Crippen molar-refractivity contribution in [2.75, 3.05) is 13.2 Å². The molecule has 1 fully saturated rings. The lowest BCUT2D eigenvalue weighted by molar-refractivity contribution is -0.0911. The smallest absolute Gasteiger partial charge is 0.123 e. The van der Waals surface area contributed by atoms with E-state index in [-0.39, 0.29) is 17.5 Å². The molecule has 1 unspecified atom stereocenters. The minimum Gasteiger partial charge on any atom is -0.373 e. The zero-order valence-electron chi connectivity index (χ0n) is 13.5. The van der Waals surface area contributed by atoms with Crippen molar-refractivity contribution in [3.05, 3.63) is 35.1 Å². The fourth-order valence-corrected chi connectivity index (χ4v) is 3.70. The molecule has 0 heterocycles. The Morgan fingerprint density at radius 1 is 1.24 bits per heavy atom. The molecule has 1 atom stereocenters. The number of rotatable bonds is 6. The average Bonchev–Trinajstić information content (AvgIpc) is 2.47. The fourth-order valence-electron chi connectivity index (χ4n) is 3.70. The van der Waals surface area contributed by atoms with Gasteiger partial charge in [-0.25, -0.2) is 4.39 Å². The van der Waals surface area contributed by atoms with Crippen LogP contribution < -0.4 is 5.32 Å². The molecule has 0 bridgehead atoms. The predicted octanol–water partition coefficient (Wildman–Crippen LogP) is 4.52. The molecule has 1 saturated carbocycles. The Morgan fingerprint density at radius 2 is 1.95 bits per heavy atom. The third kappa shape index (κ3) is 3.64. The maximum Gasteiger partial charge on any atom is 0.123 e. The van der Waals surface area contributed by atoms with Gasteiger partial charge in [-0.15, -0.1) is 0 Å². The lowest BCUT2D eigenvalue weighted by atomic mass is 9.75. The van der Waals surface area contributed by atoms with E-state index in [9.17, 15) is 4.39 Å². The monoisotopic (exact) mass is 293 g/mol. The first kappa shape index (κ1) is 16.4. The van der Waals surface area contributed by atoms with Gasteiger partial charge in [-0.3, -0.25) is 0 Å². The van der Waals surface area contributed by atoms with Crippen LogP contribution in [0.15, 0.2) is 18.2 Å². The highest BCUT2D eigenvalue weighted by Crippen LogP contribution is 2.42. The molecule has 2 nitrogen and oxygen atoms in total. The van der Waals surface area contributed by atoms with Crippen LogP contribution in [0.25, 0.3) is 0 Å². The van der Waals surface area contributed by atoms with Crippen LogP contribution in [0.1, 0.15) is 63.1 Å². The molecule has 0 amide bonds. The molecule has 2 rings (SSSR count). The molecule has 0 radical (unpaired) electrons. The minimum absolute atomic E-state index is 0.142. The van der Waals surface area contributed by atoms with Crippen LogP contribution in [0.4, 0.5) is 4.39 Å². The van der Waals surface area contributed by atoms with E-state index in [1.165, 1.54) is 24.8 Å². The molecule has 1 aromatic carbocycles. The summed E-state index contributed by atoms with van der Waals surface area (Å²) in [5.74, 6) is -0.166. The Balaban J connectivity index is 2.39. The van der Waals surface area contributed by atoms with Gasteiger partial charge in [0.25, 0.3) is 0 Å². The van der Waals surface area contributed by atoms with Crippen molar-refractivity contribution in [1.29, 1.82) is 0 Å². The molecule has 1 aliphatic rings. The average molecular weight is 293 g/mol. The maximum absolute atomic E-state index is 13.4. The van der Waals surface area contributed by atoms with Gasteiger partial charge < -0.3 is 10.1 Å². The number of benzene rings is 1. The summed E-state index contributed by atoms with van der Waals surface area (Å²) in [5.41, 5.74) is 2.03. The van der Waals surface area contributed by atoms with Gasteiger partial charge in [0.2, 0.25) is 0 Å². The second-order valence-corrected chi connectivity index (χ2v) is 6.05. The summed E-state index contributed by atoms with van der Waals surface area (Å²) in [5, 5.41) is 3.61. The topological polar surface area (TPSA) is 21.3 Å². The highest BCUT2D eigenvalue weighted by atomic mass is 19.1. The zero-order chi connectivity index (χ0) is 15.3. The molecule has 1 aliphatic carbocycles. The third-order valence-electron chi connectivity index (χ3n) is 4.61. The van der Waals surface area contributed by atoms with Crippen molar-refractivity contribution in [3.63, 3.8) is 0 Å². The Hall–Kier alpha value is -0.930. The first-order valence-corrected chi connectivity index (χ1v) is 8.26. The molecule has 0 aromatic heterocycles. The number of likely N-dealkylation sites (N-methyl/N-ethyl adjacent to an activating group) is 1. The normalized spacial score (nSPS) is 19.4. The number of halogens is 1. The highest BCUT2D eigenvalue weighted by molar-refractivity contribution is 5.32. The van der Waals surface area contributed by atoms with Crippen LogP contribution in [-0.4, -0.2) is 18.8 Å². The lowest BCUT2D eigenvalue weighted by Crippen LogP contribution is -2.48. The van der Waals surface area contributed by atoms with E-state index in [2.05, 4.69) is 19.2 Å². The Kier molecular flexibility index (Phi) is 5.77. The second-order valence-electron chi connectivity index (χ2n) is 6.05. The van der Waals surface area contributed by atoms with Crippen molar-refractivity contribution in [2.24, 2.45) is 0 Å². The van der Waals surface area contributed by atoms with Crippen LogP contribution in [0, 0.1) is 12.7 Å². The first-order chi connectivity index (χ1) is 10.1. The summed E-state index contributed by atoms with van der Waals surface area (Å²) in [6.45, 7) is 7.79. The van der Waals surface area contributed by atoms with Gasteiger partial charge >= 0.3 is 0 Å². The van der Waals surface area contributed by atoms with Crippen molar-refractivity contribution >= 4 is 0 Å². The Labute approximate surface area is 128 Å². The minimum atomic E-state index is -0.166. The first-order valence-electron chi connectivity index (χ1n) is 8.26. The Morgan fingerprint density at radius 3 is 2.52 bits per heavy atom. The molecule has 0 saturated heterocycles. The quantitative estimate of drug-likeness (QED) is 0.832. The molecular formula is C18H28FNO. The zero-order valence-corrected chi connectivity index (χ0v) is 13.5. The van der Waals surface area contributed by atoms with E-state index < -0.39 is 0 Å². The van der Waals surface area contributed by atoms with Gasteiger partial charge in [0.1, 0.15) is 5.82 Å². The van der Waals surface area contributed by atoms with Gasteiger partial charge in [0.15, 0.2) is 0 Å². The molecule has 0 aliphatic heterocycles. The van der Waals surface area contributed by atoms with Crippen LogP contribution >= 0.6 is 0 Å². The predicted molar refractivity (Wildman–Crippen MR) is 85.0 cm³/mol. The SMILES string of the molecule is CCNC(c1ccc(F)cc1C)C1(OCC)CCCCC1. The molecule has 1 N–H and O–H groups in total. The summed E-state index contributed by atoms with van der Waals surface area (Å²) >= 11 is 0. The molecule has 118 valence electrons. The van der Waals surface area contributed by atoms with E-state index in [0.717, 1.165) is 31.6 Å². The van der Waals surface area contributed by atoms with Crippen LogP contribution in [0.5, 0.6) is 0 Å². The number of ether oxygens (including phenoxy) is 1. The third-order valence-corrected chi connectivity index (χ3v) is 4.61. The van der Waals surface area contributed by atoms with Gasteiger partial charge in [0, 0.05) is 6.61 Å². The number of aryl methyl sites for hydroxylation is 1. The summed E-state index contributed by atoms with van der Waals surface area (Å²) in [7, 11) is 0. The van der Waals surface area contributed by atoms with Crippen molar-refractivity contribution in [1.82, 2.24) is 5.32 Å². The second kappa shape index (κ2) is 7.37. The Bertz CT molecular complexity index is 449. The van der Waals surface area contributed by atoms with Gasteiger partial charge in [-0.2, -0.15) is 0 Å². The molecule has 1 aromatic rings. The van der Waals surface area contributed by atoms with E-state index in [1.807, 2.05) is 13.0 Å². The van der Waals surface area contributed by atoms with E-state index in [4.69, 9.17) is 4.74 Å². The van der Waals surface area contributed by atoms with Gasteiger partial charge in [0.05, 0.1) is 11.6 Å². The van der Waals surface area contributed by atoms with E-state index >= 15 is 0 Å². The maximum atomic E-state index is 13.4. The molecule has 21 heavy (non-hydrogen) atoms. The number of nitrogens with one attached hydrogen (secondary N) is 1. The largest absolute Gasteiger partial charge is 0.373 e. The molecular weight excluding hydrogens is 265 g/mol. The fraction of sp³-hybridized carbons (Fsp3) is 0.667. The van der Waals surface area contributed by atoms with Gasteiger partial charge in [-0.05, 0) is 56.5 Å². The van der Waals surface area contributed by atoms with Crippen molar-refractivity contribution in [3.8, 4) is 0 Å². The van der Waals surface area contributed by atoms with Gasteiger partial charge in [-0.1, -0.05) is 32.3 Å².